The fraction of sp³-hybridized carbons (Fsp3) is 0.684. The molecule has 1 aliphatic heterocycles. The van der Waals surface area contributed by atoms with E-state index in [-0.39, 0.29) is 17.8 Å². The van der Waals surface area contributed by atoms with E-state index in [0.717, 1.165) is 25.7 Å². The number of halogens is 1. The topological polar surface area (TPSA) is 129 Å². The quantitative estimate of drug-likeness (QED) is 0.461. The number of benzene rings is 1. The zero-order chi connectivity index (χ0) is 20.5. The smallest absolute Gasteiger partial charge is 0.222 e. The van der Waals surface area contributed by atoms with Crippen molar-refractivity contribution >= 4 is 11.6 Å². The number of hydrogen-bond acceptors (Lipinski definition) is 8. The minimum Gasteiger partial charge on any atom is -0.489 e. The zero-order valence-electron chi connectivity index (χ0n) is 15.6. The van der Waals surface area contributed by atoms with E-state index in [1.165, 1.54) is 18.2 Å². The highest BCUT2D eigenvalue weighted by Crippen LogP contribution is 2.40. The lowest BCUT2D eigenvalue weighted by Crippen LogP contribution is -2.63. The minimum atomic E-state index is -2.34. The highest BCUT2D eigenvalue weighted by molar-refractivity contribution is 6.32. The van der Waals surface area contributed by atoms with Gasteiger partial charge < -0.3 is 39.7 Å². The lowest BCUT2D eigenvalue weighted by atomic mass is 9.88. The number of rotatable bonds is 5. The Balaban J connectivity index is 1.82. The van der Waals surface area contributed by atoms with Gasteiger partial charge in [-0.1, -0.05) is 17.7 Å². The number of methoxy groups -OCH3 is 1. The van der Waals surface area contributed by atoms with E-state index in [2.05, 4.69) is 0 Å². The summed E-state index contributed by atoms with van der Waals surface area (Å²) in [5.41, 5.74) is 0.0920. The zero-order valence-corrected chi connectivity index (χ0v) is 16.3. The summed E-state index contributed by atoms with van der Waals surface area (Å²) in [6.45, 7) is -0.646. The van der Waals surface area contributed by atoms with Crippen LogP contribution in [0.15, 0.2) is 18.2 Å². The van der Waals surface area contributed by atoms with Gasteiger partial charge in [-0.05, 0) is 37.8 Å². The van der Waals surface area contributed by atoms with Crippen LogP contribution < -0.4 is 4.74 Å². The average Bonchev–Trinajstić information content (AvgIpc) is 2.71. The maximum absolute atomic E-state index is 10.9. The first-order chi connectivity index (χ1) is 13.3. The molecule has 1 saturated carbocycles. The molecule has 1 aromatic carbocycles. The SMILES string of the molecule is CO[C@H]1CC[C@H](Oc2cc([C@]3(O)O[C@H](CO)[C@@H](O)[C@H](O)[C@H]3O)ccc2Cl)CC1. The van der Waals surface area contributed by atoms with Gasteiger partial charge >= 0.3 is 0 Å². The minimum absolute atomic E-state index is 0.0661. The predicted octanol–water partition coefficient (Wildman–Crippen LogP) is 0.295. The molecule has 9 heteroatoms. The molecule has 8 nitrogen and oxygen atoms in total. The van der Waals surface area contributed by atoms with Crippen LogP contribution in [0.1, 0.15) is 31.2 Å². The third-order valence-electron chi connectivity index (χ3n) is 5.56. The summed E-state index contributed by atoms with van der Waals surface area (Å²) in [6, 6.07) is 4.36. The Morgan fingerprint density at radius 3 is 2.36 bits per heavy atom. The first-order valence-corrected chi connectivity index (χ1v) is 9.72. The first-order valence-electron chi connectivity index (χ1n) is 9.34. The second-order valence-electron chi connectivity index (χ2n) is 7.36. The molecule has 1 aliphatic carbocycles. The van der Waals surface area contributed by atoms with Crippen LogP contribution in [-0.2, 0) is 15.3 Å². The predicted molar refractivity (Wildman–Crippen MR) is 99.0 cm³/mol. The van der Waals surface area contributed by atoms with E-state index in [4.69, 9.17) is 25.8 Å². The van der Waals surface area contributed by atoms with Crippen LogP contribution >= 0.6 is 11.6 Å². The highest BCUT2D eigenvalue weighted by atomic mass is 35.5. The molecule has 158 valence electrons. The van der Waals surface area contributed by atoms with E-state index < -0.39 is 36.8 Å². The summed E-state index contributed by atoms with van der Waals surface area (Å²) in [7, 11) is 1.69. The van der Waals surface area contributed by atoms with Gasteiger partial charge in [0, 0.05) is 12.7 Å². The maximum Gasteiger partial charge on any atom is 0.222 e. The van der Waals surface area contributed by atoms with Crippen molar-refractivity contribution in [2.24, 2.45) is 0 Å². The van der Waals surface area contributed by atoms with Crippen molar-refractivity contribution in [1.29, 1.82) is 0 Å². The van der Waals surface area contributed by atoms with Crippen molar-refractivity contribution in [3.8, 4) is 5.75 Å². The lowest BCUT2D eigenvalue weighted by molar-refractivity contribution is -0.357. The molecule has 0 aromatic heterocycles. The normalized spacial score (nSPS) is 39.0. The molecule has 1 saturated heterocycles. The van der Waals surface area contributed by atoms with Gasteiger partial charge in [0.25, 0.3) is 0 Å². The Kier molecular flexibility index (Phi) is 6.84. The van der Waals surface area contributed by atoms with Crippen molar-refractivity contribution in [1.82, 2.24) is 0 Å². The van der Waals surface area contributed by atoms with E-state index >= 15 is 0 Å². The molecule has 1 aromatic rings. The molecule has 0 spiro atoms. The molecule has 0 amide bonds. The van der Waals surface area contributed by atoms with E-state index in [0.29, 0.717) is 10.8 Å². The van der Waals surface area contributed by atoms with Crippen molar-refractivity contribution in [2.75, 3.05) is 13.7 Å². The molecule has 2 fully saturated rings. The lowest BCUT2D eigenvalue weighted by Gasteiger charge is -2.45. The van der Waals surface area contributed by atoms with Crippen LogP contribution in [0.25, 0.3) is 0 Å². The van der Waals surface area contributed by atoms with Crippen LogP contribution in [0, 0.1) is 0 Å². The summed E-state index contributed by atoms with van der Waals surface area (Å²) in [5.74, 6) is -2.03. The Morgan fingerprint density at radius 1 is 1.11 bits per heavy atom. The Bertz CT molecular complexity index is 663. The summed E-state index contributed by atoms with van der Waals surface area (Å²) in [6.07, 6.45) is -2.89. The van der Waals surface area contributed by atoms with Crippen LogP contribution in [0.2, 0.25) is 5.02 Å². The van der Waals surface area contributed by atoms with Crippen LogP contribution in [-0.4, -0.2) is 75.9 Å². The second-order valence-corrected chi connectivity index (χ2v) is 7.77. The highest BCUT2D eigenvalue weighted by Gasteiger charge is 2.53. The Labute approximate surface area is 168 Å². The number of ether oxygens (including phenoxy) is 3. The van der Waals surface area contributed by atoms with Crippen LogP contribution in [0.5, 0.6) is 5.75 Å². The Hall–Kier alpha value is -0.970. The average molecular weight is 419 g/mol. The van der Waals surface area contributed by atoms with Gasteiger partial charge in [0.1, 0.15) is 30.2 Å². The van der Waals surface area contributed by atoms with Gasteiger partial charge in [-0.15, -0.1) is 0 Å². The maximum atomic E-state index is 10.9. The molecule has 28 heavy (non-hydrogen) atoms. The molecule has 0 bridgehead atoms. The third-order valence-corrected chi connectivity index (χ3v) is 5.87. The largest absolute Gasteiger partial charge is 0.489 e. The molecule has 2 aliphatic rings. The second kappa shape index (κ2) is 8.81. The van der Waals surface area contributed by atoms with Gasteiger partial charge in [-0.25, -0.2) is 0 Å². The van der Waals surface area contributed by atoms with Crippen LogP contribution in [0.4, 0.5) is 0 Å². The molecule has 3 rings (SSSR count). The van der Waals surface area contributed by atoms with Crippen molar-refractivity contribution in [2.45, 2.75) is 68.1 Å². The van der Waals surface area contributed by atoms with Gasteiger partial charge in [0.15, 0.2) is 0 Å². The van der Waals surface area contributed by atoms with Gasteiger partial charge in [-0.2, -0.15) is 0 Å². The van der Waals surface area contributed by atoms with Crippen molar-refractivity contribution in [3.63, 3.8) is 0 Å². The standard InChI is InChI=1S/C19H27ClO8/c1-26-11-3-5-12(6-4-11)27-14-8-10(2-7-13(14)20)19(25)18(24)17(23)16(22)15(9-21)28-19/h2,7-8,11-12,15-18,21-25H,3-6,9H2,1H3/t11-,12-,15-,16-,17+,18-,19+/m1/s1. The first kappa shape index (κ1) is 21.7. The molecular weight excluding hydrogens is 392 g/mol. The van der Waals surface area contributed by atoms with E-state index in [1.54, 1.807) is 7.11 Å². The van der Waals surface area contributed by atoms with E-state index in [1.807, 2.05) is 0 Å². The third kappa shape index (κ3) is 4.15. The summed E-state index contributed by atoms with van der Waals surface area (Å²) in [4.78, 5) is 0. The fourth-order valence-electron chi connectivity index (χ4n) is 3.77. The molecule has 5 N–H and O–H groups in total. The van der Waals surface area contributed by atoms with Crippen LogP contribution in [0.3, 0.4) is 0 Å². The number of aliphatic hydroxyl groups is 5. The molecule has 0 radical (unpaired) electrons. The van der Waals surface area contributed by atoms with Crippen molar-refractivity contribution < 1.29 is 39.7 Å². The molecular formula is C19H27ClO8. The monoisotopic (exact) mass is 418 g/mol. The van der Waals surface area contributed by atoms with E-state index in [9.17, 15) is 25.5 Å². The van der Waals surface area contributed by atoms with Crippen molar-refractivity contribution in [3.05, 3.63) is 28.8 Å². The fourth-order valence-corrected chi connectivity index (χ4v) is 3.94. The van der Waals surface area contributed by atoms with Gasteiger partial charge in [-0.3, -0.25) is 0 Å². The van der Waals surface area contributed by atoms with Gasteiger partial charge in [0.2, 0.25) is 5.79 Å². The number of hydrogen-bond donors (Lipinski definition) is 5. The molecule has 0 unspecified atom stereocenters. The van der Waals surface area contributed by atoms with Gasteiger partial charge in [0.05, 0.1) is 23.8 Å². The molecule has 1 heterocycles. The molecule has 5 atom stereocenters. The summed E-state index contributed by atoms with van der Waals surface area (Å²) >= 11 is 6.24. The Morgan fingerprint density at radius 2 is 1.75 bits per heavy atom. The summed E-state index contributed by atoms with van der Waals surface area (Å²) < 4.78 is 16.7. The summed E-state index contributed by atoms with van der Waals surface area (Å²) in [5, 5.41) is 50.9. The number of aliphatic hydroxyl groups excluding tert-OH is 4.